The number of ether oxygens (including phenoxy) is 1. The third kappa shape index (κ3) is 4.73. The lowest BCUT2D eigenvalue weighted by atomic mass is 10.2. The van der Waals surface area contributed by atoms with Gasteiger partial charge in [-0.05, 0) is 12.1 Å². The van der Waals surface area contributed by atoms with Crippen LogP contribution in [0.1, 0.15) is 6.42 Å². The predicted molar refractivity (Wildman–Crippen MR) is 69.5 cm³/mol. The zero-order valence-electron chi connectivity index (χ0n) is 9.52. The first-order chi connectivity index (χ1) is 7.84. The average molecular weight is 257 g/mol. The van der Waals surface area contributed by atoms with Crippen LogP contribution in [0, 0.1) is 0 Å². The van der Waals surface area contributed by atoms with Crippen molar-refractivity contribution >= 4 is 24.0 Å². The topological polar surface area (TPSA) is 50.4 Å². The van der Waals surface area contributed by atoms with Crippen molar-refractivity contribution in [1.82, 2.24) is 5.32 Å². The quantitative estimate of drug-likeness (QED) is 0.860. The molecule has 94 valence electrons. The summed E-state index contributed by atoms with van der Waals surface area (Å²) in [7, 11) is 0. The molecule has 0 aromatic heterocycles. The molecule has 0 bridgehead atoms. The summed E-state index contributed by atoms with van der Waals surface area (Å²) in [6.45, 7) is 2.17. The van der Waals surface area contributed by atoms with Gasteiger partial charge in [-0.2, -0.15) is 0 Å². The summed E-state index contributed by atoms with van der Waals surface area (Å²) in [5, 5.41) is 6.10. The predicted octanol–water partition coefficient (Wildman–Crippen LogP) is 1.43. The van der Waals surface area contributed by atoms with Crippen molar-refractivity contribution < 1.29 is 9.53 Å². The largest absolute Gasteiger partial charge is 0.378 e. The maximum Gasteiger partial charge on any atom is 0.226 e. The van der Waals surface area contributed by atoms with Gasteiger partial charge in [0.1, 0.15) is 0 Å². The number of morpholine rings is 1. The molecule has 1 aliphatic rings. The Hall–Kier alpha value is -1.10. The monoisotopic (exact) mass is 256 g/mol. The van der Waals surface area contributed by atoms with Crippen LogP contribution in [0.5, 0.6) is 0 Å². The van der Waals surface area contributed by atoms with Gasteiger partial charge in [0.05, 0.1) is 13.2 Å². The van der Waals surface area contributed by atoms with E-state index in [-0.39, 0.29) is 24.4 Å². The fourth-order valence-corrected chi connectivity index (χ4v) is 1.71. The number of hydrogen-bond donors (Lipinski definition) is 2. The minimum absolute atomic E-state index is 0. The number of rotatable bonds is 3. The molecule has 2 rings (SSSR count). The van der Waals surface area contributed by atoms with Crippen molar-refractivity contribution in [3.05, 3.63) is 30.3 Å². The van der Waals surface area contributed by atoms with Crippen molar-refractivity contribution in [2.24, 2.45) is 0 Å². The van der Waals surface area contributed by atoms with Gasteiger partial charge >= 0.3 is 0 Å². The molecule has 1 heterocycles. The normalized spacial score (nSPS) is 19.2. The fraction of sp³-hybridized carbons (Fsp3) is 0.417. The zero-order chi connectivity index (χ0) is 11.2. The molecule has 1 aliphatic heterocycles. The minimum atomic E-state index is 0. The summed E-state index contributed by atoms with van der Waals surface area (Å²) in [6.07, 6.45) is 0.453. The maximum atomic E-state index is 11.7. The molecule has 17 heavy (non-hydrogen) atoms. The van der Waals surface area contributed by atoms with E-state index in [9.17, 15) is 4.79 Å². The van der Waals surface area contributed by atoms with Crippen LogP contribution in [0.2, 0.25) is 0 Å². The van der Waals surface area contributed by atoms with Gasteiger partial charge in [-0.15, -0.1) is 12.4 Å². The Kier molecular flexibility index (Phi) is 5.97. The van der Waals surface area contributed by atoms with Gasteiger partial charge in [0.15, 0.2) is 0 Å². The molecule has 0 aliphatic carbocycles. The van der Waals surface area contributed by atoms with E-state index < -0.39 is 0 Å². The second-order valence-electron chi connectivity index (χ2n) is 3.84. The molecular formula is C12H17ClN2O2. The SMILES string of the molecule is Cl.O=C(CC1COCCN1)Nc1ccccc1. The third-order valence-electron chi connectivity index (χ3n) is 2.49. The molecule has 1 aromatic carbocycles. The second-order valence-corrected chi connectivity index (χ2v) is 3.84. The molecular weight excluding hydrogens is 240 g/mol. The molecule has 1 amide bonds. The van der Waals surface area contributed by atoms with Gasteiger partial charge in [-0.1, -0.05) is 18.2 Å². The summed E-state index contributed by atoms with van der Waals surface area (Å²) in [6, 6.07) is 9.62. The van der Waals surface area contributed by atoms with E-state index >= 15 is 0 Å². The number of halogens is 1. The lowest BCUT2D eigenvalue weighted by Gasteiger charge is -2.23. The summed E-state index contributed by atoms with van der Waals surface area (Å²) in [4.78, 5) is 11.7. The Morgan fingerprint density at radius 3 is 2.82 bits per heavy atom. The third-order valence-corrected chi connectivity index (χ3v) is 2.49. The fourth-order valence-electron chi connectivity index (χ4n) is 1.71. The summed E-state index contributed by atoms with van der Waals surface area (Å²) in [5.74, 6) is 0.0224. The van der Waals surface area contributed by atoms with Gasteiger partial charge in [-0.25, -0.2) is 0 Å². The van der Waals surface area contributed by atoms with E-state index in [0.29, 0.717) is 13.0 Å². The number of hydrogen-bond acceptors (Lipinski definition) is 3. The molecule has 5 heteroatoms. The number of anilines is 1. The maximum absolute atomic E-state index is 11.7. The molecule has 1 unspecified atom stereocenters. The van der Waals surface area contributed by atoms with Gasteiger partial charge in [0.25, 0.3) is 0 Å². The van der Waals surface area contributed by atoms with Gasteiger partial charge < -0.3 is 15.4 Å². The number of benzene rings is 1. The van der Waals surface area contributed by atoms with Crippen molar-refractivity contribution in [2.45, 2.75) is 12.5 Å². The Morgan fingerprint density at radius 1 is 1.41 bits per heavy atom. The molecule has 1 fully saturated rings. The molecule has 1 aromatic rings. The van der Waals surface area contributed by atoms with Gasteiger partial charge in [0.2, 0.25) is 5.91 Å². The Bertz CT molecular complexity index is 340. The summed E-state index contributed by atoms with van der Waals surface area (Å²) in [5.41, 5.74) is 0.837. The number of carbonyl (C=O) groups is 1. The van der Waals surface area contributed by atoms with Crippen LogP contribution < -0.4 is 10.6 Å². The van der Waals surface area contributed by atoms with E-state index in [4.69, 9.17) is 4.74 Å². The lowest BCUT2D eigenvalue weighted by Crippen LogP contribution is -2.43. The van der Waals surface area contributed by atoms with Crippen LogP contribution >= 0.6 is 12.4 Å². The first-order valence-corrected chi connectivity index (χ1v) is 5.50. The van der Waals surface area contributed by atoms with Crippen LogP contribution in [0.3, 0.4) is 0 Å². The Labute approximate surface area is 107 Å². The first kappa shape index (κ1) is 14.0. The number of para-hydroxylation sites is 1. The molecule has 2 N–H and O–H groups in total. The molecule has 4 nitrogen and oxygen atoms in total. The highest BCUT2D eigenvalue weighted by Gasteiger charge is 2.16. The zero-order valence-corrected chi connectivity index (χ0v) is 10.3. The molecule has 1 saturated heterocycles. The van der Waals surface area contributed by atoms with Gasteiger partial charge in [-0.3, -0.25) is 4.79 Å². The van der Waals surface area contributed by atoms with Crippen molar-refractivity contribution in [2.75, 3.05) is 25.1 Å². The average Bonchev–Trinajstić information content (AvgIpc) is 2.31. The summed E-state index contributed by atoms with van der Waals surface area (Å²) < 4.78 is 5.29. The van der Waals surface area contributed by atoms with Gasteiger partial charge in [0, 0.05) is 24.7 Å². The number of nitrogens with one attached hydrogen (secondary N) is 2. The first-order valence-electron chi connectivity index (χ1n) is 5.50. The standard InChI is InChI=1S/C12H16N2O2.ClH/c15-12(8-11-9-16-7-6-13-11)14-10-4-2-1-3-5-10;/h1-5,11,13H,6-9H2,(H,14,15);1H. The van der Waals surface area contributed by atoms with E-state index in [1.807, 2.05) is 30.3 Å². The van der Waals surface area contributed by atoms with E-state index in [0.717, 1.165) is 18.8 Å². The van der Waals surface area contributed by atoms with Crippen molar-refractivity contribution in [1.29, 1.82) is 0 Å². The van der Waals surface area contributed by atoms with Crippen molar-refractivity contribution in [3.63, 3.8) is 0 Å². The highest BCUT2D eigenvalue weighted by atomic mass is 35.5. The van der Waals surface area contributed by atoms with Crippen LogP contribution in [0.25, 0.3) is 0 Å². The van der Waals surface area contributed by atoms with Crippen LogP contribution in [-0.2, 0) is 9.53 Å². The summed E-state index contributed by atoms with van der Waals surface area (Å²) >= 11 is 0. The Morgan fingerprint density at radius 2 is 2.18 bits per heavy atom. The second kappa shape index (κ2) is 7.27. The van der Waals surface area contributed by atoms with E-state index in [1.165, 1.54) is 0 Å². The number of carbonyl (C=O) groups excluding carboxylic acids is 1. The molecule has 0 radical (unpaired) electrons. The van der Waals surface area contributed by atoms with Crippen molar-refractivity contribution in [3.8, 4) is 0 Å². The van der Waals surface area contributed by atoms with Crippen LogP contribution in [0.15, 0.2) is 30.3 Å². The minimum Gasteiger partial charge on any atom is -0.378 e. The lowest BCUT2D eigenvalue weighted by molar-refractivity contribution is -0.117. The smallest absolute Gasteiger partial charge is 0.226 e. The highest BCUT2D eigenvalue weighted by molar-refractivity contribution is 5.91. The Balaban J connectivity index is 0.00000144. The molecule has 1 atom stereocenters. The van der Waals surface area contributed by atoms with E-state index in [1.54, 1.807) is 0 Å². The number of amides is 1. The van der Waals surface area contributed by atoms with Crippen LogP contribution in [-0.4, -0.2) is 31.7 Å². The van der Waals surface area contributed by atoms with Crippen LogP contribution in [0.4, 0.5) is 5.69 Å². The molecule has 0 saturated carbocycles. The molecule has 0 spiro atoms. The van der Waals surface area contributed by atoms with E-state index in [2.05, 4.69) is 10.6 Å². The highest BCUT2D eigenvalue weighted by Crippen LogP contribution is 2.07.